The number of hydrogen-bond acceptors (Lipinski definition) is 0. The molecule has 0 unspecified atom stereocenters. The van der Waals surface area contributed by atoms with E-state index < -0.39 is 0 Å². The summed E-state index contributed by atoms with van der Waals surface area (Å²) in [6, 6.07) is 0. The lowest BCUT2D eigenvalue weighted by Crippen LogP contribution is -1.50. The summed E-state index contributed by atoms with van der Waals surface area (Å²) in [7, 11) is 0. The van der Waals surface area contributed by atoms with Crippen LogP contribution in [0.3, 0.4) is 0 Å². The highest BCUT2D eigenvalue weighted by molar-refractivity contribution is 5.05. The van der Waals surface area contributed by atoms with Crippen LogP contribution in [-0.4, -0.2) is 0 Å². The molecule has 80 valence electrons. The van der Waals surface area contributed by atoms with Crippen LogP contribution in [0.1, 0.15) is 27.7 Å². The molecule has 0 nitrogen and oxygen atoms in total. The summed E-state index contributed by atoms with van der Waals surface area (Å²) in [6.07, 6.45) is 7.30. The van der Waals surface area contributed by atoms with Crippen molar-refractivity contribution in [3.8, 4) is 0 Å². The van der Waals surface area contributed by atoms with E-state index in [0.29, 0.717) is 0 Å². The van der Waals surface area contributed by atoms with Crippen LogP contribution in [0.5, 0.6) is 0 Å². The van der Waals surface area contributed by atoms with Crippen molar-refractivity contribution in [1.29, 1.82) is 0 Å². The third-order valence-electron chi connectivity index (χ3n) is 0.677. The molecule has 0 bridgehead atoms. The predicted octanol–water partition coefficient (Wildman–Crippen LogP) is 5.08. The third-order valence-corrected chi connectivity index (χ3v) is 0.677. The first-order chi connectivity index (χ1) is 6.42. The van der Waals surface area contributed by atoms with Gasteiger partial charge < -0.3 is 0 Å². The average Bonchev–Trinajstić information content (AvgIpc) is 2.06. The molecule has 0 spiro atoms. The Hall–Kier alpha value is -1.30. The van der Waals surface area contributed by atoms with Gasteiger partial charge in [0, 0.05) is 0 Å². The van der Waals surface area contributed by atoms with Gasteiger partial charge in [0.15, 0.2) is 0 Å². The third kappa shape index (κ3) is 138. The van der Waals surface area contributed by atoms with Crippen molar-refractivity contribution in [2.45, 2.75) is 27.7 Å². The quantitative estimate of drug-likeness (QED) is 0.423. The lowest BCUT2D eigenvalue weighted by atomic mass is 10.4. The maximum Gasteiger partial charge on any atom is -0.0404 e. The Balaban J connectivity index is -0.000000131. The Kier molecular flexibility index (Phi) is 23.4. The topological polar surface area (TPSA) is 0 Å². The van der Waals surface area contributed by atoms with Gasteiger partial charge in [0.05, 0.1) is 0 Å². The molecule has 0 amide bonds. The van der Waals surface area contributed by atoms with E-state index in [1.54, 1.807) is 12.2 Å². The monoisotopic (exact) mass is 192 g/mol. The number of hydrogen-bond donors (Lipinski definition) is 0. The highest BCUT2D eigenvalue weighted by Crippen LogP contribution is 1.81. The van der Waals surface area contributed by atoms with Crippen molar-refractivity contribution in [3.63, 3.8) is 0 Å². The normalized spacial score (nSPS) is 7.43. The highest BCUT2D eigenvalue weighted by Gasteiger charge is 1.59. The minimum absolute atomic E-state index is 1.02. The van der Waals surface area contributed by atoms with Crippen LogP contribution in [-0.2, 0) is 0 Å². The molecular formula is C14H24. The Labute approximate surface area is 90.0 Å². The second-order valence-electron chi connectivity index (χ2n) is 3.02. The SMILES string of the molecule is C=C(C)C.C=C/C=C/C.C=CC(=C)C. The van der Waals surface area contributed by atoms with Crippen molar-refractivity contribution in [3.05, 3.63) is 61.8 Å². The van der Waals surface area contributed by atoms with Gasteiger partial charge >= 0.3 is 0 Å². The van der Waals surface area contributed by atoms with E-state index in [9.17, 15) is 0 Å². The number of allylic oxidation sites excluding steroid dienone is 6. The van der Waals surface area contributed by atoms with E-state index in [1.165, 1.54) is 5.57 Å². The van der Waals surface area contributed by atoms with Gasteiger partial charge in [0.1, 0.15) is 0 Å². The van der Waals surface area contributed by atoms with E-state index in [2.05, 4.69) is 26.3 Å². The molecule has 0 heterocycles. The Morgan fingerprint density at radius 3 is 1.29 bits per heavy atom. The molecule has 0 N–H and O–H groups in total. The molecule has 0 radical (unpaired) electrons. The van der Waals surface area contributed by atoms with Gasteiger partial charge in [-0.05, 0) is 27.7 Å². The van der Waals surface area contributed by atoms with Crippen LogP contribution < -0.4 is 0 Å². The molecule has 14 heavy (non-hydrogen) atoms. The van der Waals surface area contributed by atoms with E-state index in [4.69, 9.17) is 0 Å². The van der Waals surface area contributed by atoms with Crippen molar-refractivity contribution in [1.82, 2.24) is 0 Å². The molecule has 0 heteroatoms. The van der Waals surface area contributed by atoms with Crippen LogP contribution in [0.25, 0.3) is 0 Å². The fraction of sp³-hybridized carbons (Fsp3) is 0.286. The molecule has 0 aromatic rings. The molecule has 0 fully saturated rings. The second kappa shape index (κ2) is 17.7. The van der Waals surface area contributed by atoms with Crippen molar-refractivity contribution < 1.29 is 0 Å². The minimum Gasteiger partial charge on any atom is -0.100 e. The summed E-state index contributed by atoms with van der Waals surface area (Å²) in [4.78, 5) is 0. The summed E-state index contributed by atoms with van der Waals surface area (Å²) in [5.41, 5.74) is 2.19. The zero-order chi connectivity index (χ0) is 12.0. The minimum atomic E-state index is 1.02. The van der Waals surface area contributed by atoms with Crippen molar-refractivity contribution >= 4 is 0 Å². The molecule has 0 aromatic heterocycles. The van der Waals surface area contributed by atoms with Crippen LogP contribution >= 0.6 is 0 Å². The second-order valence-corrected chi connectivity index (χ2v) is 3.02. The van der Waals surface area contributed by atoms with Gasteiger partial charge in [-0.25, -0.2) is 0 Å². The van der Waals surface area contributed by atoms with Gasteiger partial charge in [-0.3, -0.25) is 0 Å². The van der Waals surface area contributed by atoms with Crippen molar-refractivity contribution in [2.75, 3.05) is 0 Å². The summed E-state index contributed by atoms with van der Waals surface area (Å²) in [5.74, 6) is 0. The molecule has 0 aromatic carbocycles. The lowest BCUT2D eigenvalue weighted by molar-refractivity contribution is 1.42. The largest absolute Gasteiger partial charge is 0.100 e. The first-order valence-electron chi connectivity index (χ1n) is 4.56. The molecule has 0 saturated heterocycles. The zero-order valence-corrected chi connectivity index (χ0v) is 10.1. The summed E-state index contributed by atoms with van der Waals surface area (Å²) < 4.78 is 0. The van der Waals surface area contributed by atoms with Crippen molar-refractivity contribution in [2.24, 2.45) is 0 Å². The average molecular weight is 192 g/mol. The zero-order valence-electron chi connectivity index (χ0n) is 10.1. The van der Waals surface area contributed by atoms with Crippen LogP contribution in [0.15, 0.2) is 61.8 Å². The summed E-state index contributed by atoms with van der Waals surface area (Å²) in [5, 5.41) is 0. The van der Waals surface area contributed by atoms with Gasteiger partial charge in [-0.2, -0.15) is 0 Å². The van der Waals surface area contributed by atoms with E-state index in [0.717, 1.165) is 5.57 Å². The van der Waals surface area contributed by atoms with Gasteiger partial charge in [0.25, 0.3) is 0 Å². The smallest absolute Gasteiger partial charge is 0.0404 e. The molecule has 0 aliphatic rings. The van der Waals surface area contributed by atoms with Crippen LogP contribution in [0.4, 0.5) is 0 Å². The first kappa shape index (κ1) is 18.5. The van der Waals surface area contributed by atoms with Gasteiger partial charge in [0.2, 0.25) is 0 Å². The maximum atomic E-state index is 3.56. The lowest BCUT2D eigenvalue weighted by Gasteiger charge is -1.71. The Morgan fingerprint density at radius 2 is 1.29 bits per heavy atom. The highest BCUT2D eigenvalue weighted by atomic mass is 13.7. The fourth-order valence-corrected chi connectivity index (χ4v) is 0.136. The predicted molar refractivity (Wildman–Crippen MR) is 70.5 cm³/mol. The summed E-state index contributed by atoms with van der Waals surface area (Å²) >= 11 is 0. The standard InChI is InChI=1S/2C5H8.C4H8/c1-4-5(2)3;1-3-5-4-2;1-4(2)3/h4H,1-2H2,3H3;3-5H,1H2,2H3;1H2,2-3H3/b;5-4+;. The first-order valence-corrected chi connectivity index (χ1v) is 4.56. The van der Waals surface area contributed by atoms with E-state index >= 15 is 0 Å². The van der Waals surface area contributed by atoms with Gasteiger partial charge in [-0.15, -0.1) is 6.58 Å². The Morgan fingerprint density at radius 1 is 1.00 bits per heavy atom. The molecule has 0 aliphatic carbocycles. The van der Waals surface area contributed by atoms with E-state index in [-0.39, 0.29) is 0 Å². The number of rotatable bonds is 2. The van der Waals surface area contributed by atoms with Crippen LogP contribution in [0, 0.1) is 0 Å². The molecule has 0 saturated carbocycles. The molecule has 0 atom stereocenters. The van der Waals surface area contributed by atoms with E-state index in [1.807, 2.05) is 39.8 Å². The van der Waals surface area contributed by atoms with Crippen LogP contribution in [0.2, 0.25) is 0 Å². The maximum absolute atomic E-state index is 3.56. The molecular weight excluding hydrogens is 168 g/mol. The van der Waals surface area contributed by atoms with Gasteiger partial charge in [-0.1, -0.05) is 55.2 Å². The molecule has 0 rings (SSSR count). The Bertz CT molecular complexity index is 188. The summed E-state index contributed by atoms with van der Waals surface area (Å²) in [6.45, 7) is 21.8. The fourth-order valence-electron chi connectivity index (χ4n) is 0.136. The molecule has 0 aliphatic heterocycles.